The van der Waals surface area contributed by atoms with Crippen molar-refractivity contribution in [1.29, 1.82) is 0 Å². The fraction of sp³-hybridized carbons (Fsp3) is 0.390. The van der Waals surface area contributed by atoms with Crippen LogP contribution in [0.25, 0.3) is 11.0 Å². The fourth-order valence-electron chi connectivity index (χ4n) is 6.58. The number of hydrogen-bond donors (Lipinski definition) is 5. The third kappa shape index (κ3) is 11.4. The van der Waals surface area contributed by atoms with E-state index in [2.05, 4.69) is 21.3 Å². The van der Waals surface area contributed by atoms with Crippen LogP contribution in [0.3, 0.4) is 0 Å². The number of alkyl carbamates (subject to hydrolysis) is 1. The minimum absolute atomic E-state index is 0.0383. The number of carbonyl (C=O) groups excluding carboxylic acids is 4. The first-order valence-corrected chi connectivity index (χ1v) is 18.3. The maximum atomic E-state index is 13.7. The summed E-state index contributed by atoms with van der Waals surface area (Å²) in [6, 6.07) is 20.7. The number of nitrogens with one attached hydrogen (secondary N) is 4. The molecule has 54 heavy (non-hydrogen) atoms. The zero-order valence-electron chi connectivity index (χ0n) is 30.9. The molecule has 1 aliphatic carbocycles. The molecule has 1 aromatic heterocycles. The average Bonchev–Trinajstić information content (AvgIpc) is 3.16. The zero-order chi connectivity index (χ0) is 38.6. The number of benzene rings is 3. The van der Waals surface area contributed by atoms with Crippen LogP contribution in [0.15, 0.2) is 88.1 Å². The van der Waals surface area contributed by atoms with Gasteiger partial charge in [0.1, 0.15) is 30.9 Å². The first-order valence-electron chi connectivity index (χ1n) is 18.3. The van der Waals surface area contributed by atoms with Crippen LogP contribution in [0.5, 0.6) is 0 Å². The number of rotatable bonds is 14. The summed E-state index contributed by atoms with van der Waals surface area (Å²) in [6.45, 7) is 6.07. The van der Waals surface area contributed by atoms with Crippen LogP contribution in [0.1, 0.15) is 62.6 Å². The number of ether oxygens (including phenoxy) is 2. The van der Waals surface area contributed by atoms with E-state index < -0.39 is 35.8 Å². The molecule has 0 aliphatic heterocycles. The smallest absolute Gasteiger partial charge is 0.411 e. The Morgan fingerprint density at radius 2 is 1.39 bits per heavy atom. The van der Waals surface area contributed by atoms with Crippen LogP contribution in [-0.2, 0) is 32.3 Å². The summed E-state index contributed by atoms with van der Waals surface area (Å²) in [5.74, 6) is -0.475. The van der Waals surface area contributed by atoms with Gasteiger partial charge >= 0.3 is 17.8 Å². The van der Waals surface area contributed by atoms with Gasteiger partial charge in [0.25, 0.3) is 0 Å². The Bertz CT molecular complexity index is 1960. The lowest BCUT2D eigenvalue weighted by Crippen LogP contribution is -2.55. The van der Waals surface area contributed by atoms with Crippen molar-refractivity contribution in [3.8, 4) is 0 Å². The van der Waals surface area contributed by atoms with E-state index in [1.807, 2.05) is 44.2 Å². The molecule has 0 radical (unpaired) electrons. The van der Waals surface area contributed by atoms with Gasteiger partial charge in [0.15, 0.2) is 0 Å². The molecule has 5 rings (SSSR count). The highest BCUT2D eigenvalue weighted by Gasteiger charge is 2.32. The molecule has 0 spiro atoms. The van der Waals surface area contributed by atoms with E-state index in [1.54, 1.807) is 49.4 Å². The van der Waals surface area contributed by atoms with E-state index >= 15 is 0 Å². The number of fused-ring (bicyclic) bond motifs is 1. The van der Waals surface area contributed by atoms with Gasteiger partial charge in [-0.1, -0.05) is 69.2 Å². The lowest BCUT2D eigenvalue weighted by molar-refractivity contribution is -0.129. The van der Waals surface area contributed by atoms with E-state index in [0.29, 0.717) is 41.4 Å². The van der Waals surface area contributed by atoms with Crippen molar-refractivity contribution in [3.63, 3.8) is 0 Å². The average molecular weight is 740 g/mol. The van der Waals surface area contributed by atoms with E-state index in [-0.39, 0.29) is 31.0 Å². The Kier molecular flexibility index (Phi) is 13.8. The number of anilines is 2. The normalized spacial score (nSPS) is 16.5. The topological polar surface area (TPSA) is 191 Å². The molecular weight excluding hydrogens is 690 g/mol. The molecule has 1 fully saturated rings. The predicted octanol–water partition coefficient (Wildman–Crippen LogP) is 6.38. The lowest BCUT2D eigenvalue weighted by Gasteiger charge is -2.31. The first-order chi connectivity index (χ1) is 26.0. The molecular formula is C41H49N5O8. The highest BCUT2D eigenvalue weighted by Crippen LogP contribution is 2.31. The van der Waals surface area contributed by atoms with Crippen LogP contribution < -0.4 is 32.6 Å². The molecule has 6 N–H and O–H groups in total. The quantitative estimate of drug-likeness (QED) is 0.0914. The molecule has 1 heterocycles. The molecule has 0 saturated heterocycles. The van der Waals surface area contributed by atoms with Gasteiger partial charge in [-0.3, -0.25) is 14.9 Å². The predicted molar refractivity (Wildman–Crippen MR) is 206 cm³/mol. The maximum Gasteiger partial charge on any atom is 0.411 e. The van der Waals surface area contributed by atoms with Crippen molar-refractivity contribution in [2.24, 2.45) is 23.5 Å². The van der Waals surface area contributed by atoms with Crippen molar-refractivity contribution >= 4 is 46.3 Å². The summed E-state index contributed by atoms with van der Waals surface area (Å²) < 4.78 is 16.0. The monoisotopic (exact) mass is 739 g/mol. The van der Waals surface area contributed by atoms with E-state index in [4.69, 9.17) is 19.6 Å². The third-order valence-corrected chi connectivity index (χ3v) is 9.73. The summed E-state index contributed by atoms with van der Waals surface area (Å²) in [5, 5.41) is 11.9. The lowest BCUT2D eigenvalue weighted by atomic mass is 9.79. The number of nitrogens with two attached hydrogens (primary N) is 1. The van der Waals surface area contributed by atoms with Gasteiger partial charge in [-0.2, -0.15) is 0 Å². The molecule has 3 aromatic carbocycles. The molecule has 13 heteroatoms. The first kappa shape index (κ1) is 39.5. The Labute approximate surface area is 314 Å². The number of carbonyl (C=O) groups is 4. The summed E-state index contributed by atoms with van der Waals surface area (Å²) in [4.78, 5) is 64.3. The van der Waals surface area contributed by atoms with Crippen molar-refractivity contribution in [1.82, 2.24) is 10.6 Å². The second-order valence-electron chi connectivity index (χ2n) is 14.2. The summed E-state index contributed by atoms with van der Waals surface area (Å²) in [7, 11) is 0. The zero-order valence-corrected chi connectivity index (χ0v) is 30.9. The maximum absolute atomic E-state index is 13.7. The summed E-state index contributed by atoms with van der Waals surface area (Å²) >= 11 is 0. The van der Waals surface area contributed by atoms with Crippen molar-refractivity contribution in [2.45, 2.75) is 78.2 Å². The van der Waals surface area contributed by atoms with E-state index in [0.717, 1.165) is 42.2 Å². The van der Waals surface area contributed by atoms with Crippen LogP contribution in [0, 0.1) is 24.7 Å². The molecule has 0 bridgehead atoms. The van der Waals surface area contributed by atoms with E-state index in [9.17, 15) is 24.0 Å². The molecule has 4 amide bonds. The molecule has 286 valence electrons. The molecule has 1 saturated carbocycles. The minimum Gasteiger partial charge on any atom is -0.445 e. The second kappa shape index (κ2) is 18.9. The molecule has 2 atom stereocenters. The van der Waals surface area contributed by atoms with Gasteiger partial charge in [0.05, 0.1) is 0 Å². The number of hydrogen-bond acceptors (Lipinski definition) is 9. The largest absolute Gasteiger partial charge is 0.445 e. The molecule has 1 aliphatic rings. The Morgan fingerprint density at radius 3 is 2.06 bits per heavy atom. The van der Waals surface area contributed by atoms with Gasteiger partial charge in [0.2, 0.25) is 11.8 Å². The van der Waals surface area contributed by atoms with Crippen LogP contribution in [0.2, 0.25) is 0 Å². The summed E-state index contributed by atoms with van der Waals surface area (Å²) in [5.41, 5.74) is 8.94. The van der Waals surface area contributed by atoms with Crippen LogP contribution in [0.4, 0.5) is 21.0 Å². The Hall–Kier alpha value is -5.69. The van der Waals surface area contributed by atoms with Crippen LogP contribution >= 0.6 is 0 Å². The van der Waals surface area contributed by atoms with Crippen molar-refractivity contribution in [2.75, 3.05) is 17.2 Å². The molecule has 4 aromatic rings. The SMILES string of the molecule is Cc1cc(=O)oc2cc(NC(=O)OCc3ccc(NC(=O)C(CC4CCC(CN)CC4)NC(=O)[C@@H](NC(=O)OCc4ccccc4)C(C)C)cc3)ccc12. The number of amides is 4. The molecule has 1 unspecified atom stereocenters. The van der Waals surface area contributed by atoms with Crippen molar-refractivity contribution in [3.05, 3.63) is 106 Å². The van der Waals surface area contributed by atoms with Gasteiger partial charge in [0, 0.05) is 28.9 Å². The minimum atomic E-state index is -0.931. The highest BCUT2D eigenvalue weighted by atomic mass is 16.6. The van der Waals surface area contributed by atoms with Gasteiger partial charge in [-0.05, 0) is 91.4 Å². The Morgan fingerprint density at radius 1 is 0.759 bits per heavy atom. The van der Waals surface area contributed by atoms with Gasteiger partial charge in [-0.25, -0.2) is 14.4 Å². The molecule has 13 nitrogen and oxygen atoms in total. The third-order valence-electron chi connectivity index (χ3n) is 9.73. The fourth-order valence-corrected chi connectivity index (χ4v) is 6.58. The van der Waals surface area contributed by atoms with Gasteiger partial charge < -0.3 is 35.6 Å². The van der Waals surface area contributed by atoms with Crippen molar-refractivity contribution < 1.29 is 33.1 Å². The Balaban J connectivity index is 1.18. The van der Waals surface area contributed by atoms with Gasteiger partial charge in [-0.15, -0.1) is 0 Å². The number of aryl methyl sites for hydroxylation is 1. The second-order valence-corrected chi connectivity index (χ2v) is 14.2. The standard InChI is InChI=1S/C41H49N5O8/c1-25(2)37(46-41(51)53-23-29-7-5-4-6-8-29)39(49)45-34(20-27-9-11-28(22-42)12-10-27)38(48)43-31-15-13-30(14-16-31)24-52-40(50)44-32-17-18-33-26(3)19-36(47)54-35(33)21-32/h4-8,13-19,21,25,27-28,34,37H,9-12,20,22-24,42H2,1-3H3,(H,43,48)(H,44,50)(H,45,49)(H,46,51)/t27?,28?,34?,37-/m0/s1. The summed E-state index contributed by atoms with van der Waals surface area (Å²) in [6.07, 6.45) is 2.75. The van der Waals surface area contributed by atoms with E-state index in [1.165, 1.54) is 6.07 Å². The highest BCUT2D eigenvalue weighted by molar-refractivity contribution is 5.98. The van der Waals surface area contributed by atoms with Crippen LogP contribution in [-0.4, -0.2) is 42.6 Å².